The van der Waals surface area contributed by atoms with E-state index in [0.29, 0.717) is 13.2 Å². The summed E-state index contributed by atoms with van der Waals surface area (Å²) < 4.78 is 29.7. The predicted molar refractivity (Wildman–Crippen MR) is 84.4 cm³/mol. The van der Waals surface area contributed by atoms with E-state index < -0.39 is 28.6 Å². The SMILES string of the molecule is CCC[C@@H](C)C(=O)N1CCO[C@H](CN(CC(=O)O)S(C)(=O)=O)C1. The van der Waals surface area contributed by atoms with Gasteiger partial charge in [0.25, 0.3) is 0 Å². The molecule has 0 radical (unpaired) electrons. The van der Waals surface area contributed by atoms with Gasteiger partial charge in [0.15, 0.2) is 0 Å². The summed E-state index contributed by atoms with van der Waals surface area (Å²) in [5, 5.41) is 8.84. The van der Waals surface area contributed by atoms with Crippen molar-refractivity contribution in [1.82, 2.24) is 9.21 Å². The molecule has 0 aromatic carbocycles. The van der Waals surface area contributed by atoms with Gasteiger partial charge >= 0.3 is 5.97 Å². The first kappa shape index (κ1) is 19.9. The number of carboxylic acids is 1. The zero-order chi connectivity index (χ0) is 17.6. The fourth-order valence-corrected chi connectivity index (χ4v) is 3.38. The number of carbonyl (C=O) groups is 2. The molecule has 9 heteroatoms. The summed E-state index contributed by atoms with van der Waals surface area (Å²) in [5.74, 6) is -1.27. The number of amides is 1. The van der Waals surface area contributed by atoms with E-state index in [9.17, 15) is 18.0 Å². The maximum Gasteiger partial charge on any atom is 0.318 e. The number of sulfonamides is 1. The van der Waals surface area contributed by atoms with E-state index in [-0.39, 0.29) is 24.9 Å². The zero-order valence-corrected chi connectivity index (χ0v) is 14.7. The molecule has 0 aromatic heterocycles. The molecule has 2 atom stereocenters. The molecule has 1 rings (SSSR count). The van der Waals surface area contributed by atoms with E-state index in [2.05, 4.69) is 0 Å². The Labute approximate surface area is 137 Å². The second-order valence-corrected chi connectivity index (χ2v) is 7.90. The summed E-state index contributed by atoms with van der Waals surface area (Å²) in [5.41, 5.74) is 0. The minimum absolute atomic E-state index is 0.0318. The van der Waals surface area contributed by atoms with Gasteiger partial charge in [-0.25, -0.2) is 8.42 Å². The molecular formula is C14H26N2O6S. The van der Waals surface area contributed by atoms with Crippen LogP contribution in [0.5, 0.6) is 0 Å². The molecule has 1 saturated heterocycles. The number of hydrogen-bond donors (Lipinski definition) is 1. The van der Waals surface area contributed by atoms with Crippen LogP contribution in [0.3, 0.4) is 0 Å². The van der Waals surface area contributed by atoms with Crippen LogP contribution in [0.15, 0.2) is 0 Å². The summed E-state index contributed by atoms with van der Waals surface area (Å²) >= 11 is 0. The third kappa shape index (κ3) is 6.44. The maximum absolute atomic E-state index is 12.3. The molecule has 134 valence electrons. The Kier molecular flexibility index (Phi) is 7.43. The molecule has 1 heterocycles. The predicted octanol–water partition coefficient (Wildman–Crippen LogP) is -0.00380. The van der Waals surface area contributed by atoms with Gasteiger partial charge in [0.1, 0.15) is 6.54 Å². The van der Waals surface area contributed by atoms with Gasteiger partial charge in [-0.1, -0.05) is 20.3 Å². The smallest absolute Gasteiger partial charge is 0.318 e. The van der Waals surface area contributed by atoms with E-state index in [0.717, 1.165) is 23.4 Å². The third-order valence-electron chi connectivity index (χ3n) is 3.78. The lowest BCUT2D eigenvalue weighted by atomic mass is 10.0. The van der Waals surface area contributed by atoms with Crippen LogP contribution in [0.25, 0.3) is 0 Å². The molecule has 8 nitrogen and oxygen atoms in total. The van der Waals surface area contributed by atoms with Crippen LogP contribution in [0.1, 0.15) is 26.7 Å². The Hall–Kier alpha value is -1.19. The number of morpholine rings is 1. The number of hydrogen-bond acceptors (Lipinski definition) is 5. The molecule has 1 aliphatic rings. The standard InChI is InChI=1S/C14H26N2O6S/c1-4-5-11(2)14(19)15-6-7-22-12(8-15)9-16(10-13(17)18)23(3,20)21/h11-12H,4-10H2,1-3H3,(H,17,18)/t11-,12+/m1/s1. The van der Waals surface area contributed by atoms with E-state index in [1.807, 2.05) is 13.8 Å². The summed E-state index contributed by atoms with van der Waals surface area (Å²) in [4.78, 5) is 24.8. The van der Waals surface area contributed by atoms with Gasteiger partial charge in [0.2, 0.25) is 15.9 Å². The van der Waals surface area contributed by atoms with E-state index in [1.165, 1.54) is 0 Å². The molecule has 0 bridgehead atoms. The van der Waals surface area contributed by atoms with E-state index in [4.69, 9.17) is 9.84 Å². The van der Waals surface area contributed by atoms with Crippen LogP contribution >= 0.6 is 0 Å². The second-order valence-electron chi connectivity index (χ2n) is 5.92. The van der Waals surface area contributed by atoms with Gasteiger partial charge in [-0.05, 0) is 6.42 Å². The average molecular weight is 350 g/mol. The van der Waals surface area contributed by atoms with Crippen LogP contribution in [-0.2, 0) is 24.3 Å². The van der Waals surface area contributed by atoms with Crippen molar-refractivity contribution >= 4 is 21.9 Å². The van der Waals surface area contributed by atoms with Crippen molar-refractivity contribution in [3.05, 3.63) is 0 Å². The van der Waals surface area contributed by atoms with Gasteiger partial charge in [0.05, 0.1) is 19.0 Å². The number of rotatable bonds is 8. The van der Waals surface area contributed by atoms with Crippen LogP contribution in [-0.4, -0.2) is 79.8 Å². The molecule has 1 fully saturated rings. The summed E-state index contributed by atoms with van der Waals surface area (Å²) in [6, 6.07) is 0. The summed E-state index contributed by atoms with van der Waals surface area (Å²) in [6.45, 7) is 4.28. The van der Waals surface area contributed by atoms with Crippen LogP contribution in [0.4, 0.5) is 0 Å². The molecule has 1 amide bonds. The molecule has 0 aromatic rings. The van der Waals surface area contributed by atoms with Gasteiger partial charge in [-0.15, -0.1) is 0 Å². The van der Waals surface area contributed by atoms with Crippen molar-refractivity contribution in [2.45, 2.75) is 32.8 Å². The maximum atomic E-state index is 12.3. The fraction of sp³-hybridized carbons (Fsp3) is 0.857. The Morgan fingerprint density at radius 1 is 1.43 bits per heavy atom. The van der Waals surface area contributed by atoms with E-state index >= 15 is 0 Å². The first-order valence-corrected chi connectivity index (χ1v) is 9.57. The number of ether oxygens (including phenoxy) is 1. The van der Waals surface area contributed by atoms with Gasteiger partial charge < -0.3 is 14.7 Å². The molecule has 0 spiro atoms. The number of carboxylic acid groups (broad SMARTS) is 1. The van der Waals surface area contributed by atoms with Crippen molar-refractivity contribution in [3.8, 4) is 0 Å². The lowest BCUT2D eigenvalue weighted by Crippen LogP contribution is -2.52. The summed E-state index contributed by atoms with van der Waals surface area (Å²) in [6.07, 6.45) is 2.16. The minimum Gasteiger partial charge on any atom is -0.480 e. The van der Waals surface area contributed by atoms with Gasteiger partial charge in [0, 0.05) is 25.6 Å². The quantitative estimate of drug-likeness (QED) is 0.660. The lowest BCUT2D eigenvalue weighted by molar-refractivity contribution is -0.144. The van der Waals surface area contributed by atoms with Crippen molar-refractivity contribution in [3.63, 3.8) is 0 Å². The third-order valence-corrected chi connectivity index (χ3v) is 5.00. The van der Waals surface area contributed by atoms with Crippen LogP contribution in [0, 0.1) is 5.92 Å². The highest BCUT2D eigenvalue weighted by atomic mass is 32.2. The first-order chi connectivity index (χ1) is 10.6. The molecule has 0 aliphatic carbocycles. The highest BCUT2D eigenvalue weighted by Gasteiger charge is 2.30. The first-order valence-electron chi connectivity index (χ1n) is 7.72. The molecule has 23 heavy (non-hydrogen) atoms. The van der Waals surface area contributed by atoms with Crippen molar-refractivity contribution in [1.29, 1.82) is 0 Å². The van der Waals surface area contributed by atoms with Gasteiger partial charge in [-0.3, -0.25) is 9.59 Å². The number of carbonyl (C=O) groups excluding carboxylic acids is 1. The monoisotopic (exact) mass is 350 g/mol. The Morgan fingerprint density at radius 3 is 2.61 bits per heavy atom. The largest absolute Gasteiger partial charge is 0.480 e. The van der Waals surface area contributed by atoms with Crippen LogP contribution in [0.2, 0.25) is 0 Å². The Balaban J connectivity index is 2.70. The van der Waals surface area contributed by atoms with Crippen molar-refractivity contribution in [2.24, 2.45) is 5.92 Å². The van der Waals surface area contributed by atoms with E-state index in [1.54, 1.807) is 4.90 Å². The normalized spacial score (nSPS) is 20.5. The lowest BCUT2D eigenvalue weighted by Gasteiger charge is -2.36. The number of aliphatic carboxylic acids is 1. The second kappa shape index (κ2) is 8.60. The molecule has 1 aliphatic heterocycles. The minimum atomic E-state index is -3.65. The summed E-state index contributed by atoms with van der Waals surface area (Å²) in [7, 11) is -3.65. The molecule has 0 unspecified atom stereocenters. The fourth-order valence-electron chi connectivity index (χ4n) is 2.59. The van der Waals surface area contributed by atoms with Crippen LogP contribution < -0.4 is 0 Å². The average Bonchev–Trinajstić information content (AvgIpc) is 2.45. The molecule has 0 saturated carbocycles. The van der Waals surface area contributed by atoms with Crippen molar-refractivity contribution in [2.75, 3.05) is 39.0 Å². The Morgan fingerprint density at radius 2 is 2.09 bits per heavy atom. The van der Waals surface area contributed by atoms with Crippen molar-refractivity contribution < 1.29 is 27.9 Å². The zero-order valence-electron chi connectivity index (χ0n) is 13.9. The molecule has 1 N–H and O–H groups in total. The highest BCUT2D eigenvalue weighted by molar-refractivity contribution is 7.88. The number of nitrogens with zero attached hydrogens (tertiary/aromatic N) is 2. The topological polar surface area (TPSA) is 104 Å². The molecular weight excluding hydrogens is 324 g/mol. The van der Waals surface area contributed by atoms with Gasteiger partial charge in [-0.2, -0.15) is 4.31 Å². The highest BCUT2D eigenvalue weighted by Crippen LogP contribution is 2.15. The Bertz CT molecular complexity index is 521.